The molecule has 0 bridgehead atoms. The minimum absolute atomic E-state index is 0.368. The van der Waals surface area contributed by atoms with E-state index in [0.717, 1.165) is 32.7 Å². The van der Waals surface area contributed by atoms with Crippen LogP contribution in [0.1, 0.15) is 0 Å². The molecule has 0 unspecified atom stereocenters. The van der Waals surface area contributed by atoms with Crippen LogP contribution in [0, 0.1) is 0 Å². The topological polar surface area (TPSA) is 30.0 Å². The minimum atomic E-state index is -0.368. The number of piperazine rings is 1. The van der Waals surface area contributed by atoms with Gasteiger partial charge in [-0.15, -0.1) is 0 Å². The molecular formula is C20H25N3OS. The van der Waals surface area contributed by atoms with Crippen LogP contribution >= 0.6 is 11.8 Å². The van der Waals surface area contributed by atoms with Crippen molar-refractivity contribution in [1.29, 1.82) is 0 Å². The van der Waals surface area contributed by atoms with Crippen LogP contribution in [0.2, 0.25) is 0 Å². The van der Waals surface area contributed by atoms with Crippen molar-refractivity contribution in [3.63, 3.8) is 0 Å². The SMILES string of the molecule is CN1CCN(C[C@H](O)CN2c3ccccc3Sc3ccccc32)CC1. The summed E-state index contributed by atoms with van der Waals surface area (Å²) in [4.78, 5) is 9.52. The molecule has 2 heterocycles. The van der Waals surface area contributed by atoms with E-state index in [2.05, 4.69) is 70.3 Å². The highest BCUT2D eigenvalue weighted by Gasteiger charge is 2.26. The summed E-state index contributed by atoms with van der Waals surface area (Å²) in [6.45, 7) is 5.60. The molecule has 4 nitrogen and oxygen atoms in total. The fourth-order valence-electron chi connectivity index (χ4n) is 3.57. The number of hydrogen-bond donors (Lipinski definition) is 1. The van der Waals surface area contributed by atoms with Crippen LogP contribution in [0.4, 0.5) is 11.4 Å². The average molecular weight is 356 g/mol. The molecular weight excluding hydrogens is 330 g/mol. The summed E-state index contributed by atoms with van der Waals surface area (Å²) in [5.41, 5.74) is 2.40. The molecule has 2 aromatic rings. The second kappa shape index (κ2) is 7.38. The summed E-state index contributed by atoms with van der Waals surface area (Å²) in [7, 11) is 2.16. The second-order valence-electron chi connectivity index (χ2n) is 6.91. The van der Waals surface area contributed by atoms with Gasteiger partial charge in [0, 0.05) is 42.5 Å². The number of para-hydroxylation sites is 2. The van der Waals surface area contributed by atoms with Gasteiger partial charge in [0.1, 0.15) is 0 Å². The number of nitrogens with zero attached hydrogens (tertiary/aromatic N) is 3. The third-order valence-corrected chi connectivity index (χ3v) is 6.12. The largest absolute Gasteiger partial charge is 0.390 e. The highest BCUT2D eigenvalue weighted by molar-refractivity contribution is 7.99. The Morgan fingerprint density at radius 2 is 1.44 bits per heavy atom. The second-order valence-corrected chi connectivity index (χ2v) is 7.99. The highest BCUT2D eigenvalue weighted by atomic mass is 32.2. The lowest BCUT2D eigenvalue weighted by Crippen LogP contribution is -2.48. The molecule has 0 saturated carbocycles. The van der Waals surface area contributed by atoms with Crippen molar-refractivity contribution in [3.8, 4) is 0 Å². The van der Waals surface area contributed by atoms with E-state index < -0.39 is 0 Å². The third kappa shape index (κ3) is 3.70. The quantitative estimate of drug-likeness (QED) is 0.911. The van der Waals surface area contributed by atoms with Gasteiger partial charge in [-0.25, -0.2) is 0 Å². The summed E-state index contributed by atoms with van der Waals surface area (Å²) in [6, 6.07) is 16.9. The number of aliphatic hydroxyl groups is 1. The Labute approximate surface area is 154 Å². The van der Waals surface area contributed by atoms with Crippen LogP contribution in [-0.2, 0) is 0 Å². The fourth-order valence-corrected chi connectivity index (χ4v) is 4.67. The van der Waals surface area contributed by atoms with Crippen LogP contribution in [0.15, 0.2) is 58.3 Å². The molecule has 2 aromatic carbocycles. The van der Waals surface area contributed by atoms with E-state index in [4.69, 9.17) is 0 Å². The van der Waals surface area contributed by atoms with Gasteiger partial charge in [0.25, 0.3) is 0 Å². The minimum Gasteiger partial charge on any atom is -0.390 e. The number of anilines is 2. The summed E-state index contributed by atoms with van der Waals surface area (Å²) < 4.78 is 0. The first kappa shape index (κ1) is 16.9. The van der Waals surface area contributed by atoms with Gasteiger partial charge in [-0.1, -0.05) is 36.0 Å². The van der Waals surface area contributed by atoms with Crippen molar-refractivity contribution in [2.75, 3.05) is 51.2 Å². The van der Waals surface area contributed by atoms with Crippen LogP contribution in [0.25, 0.3) is 0 Å². The molecule has 0 aliphatic carbocycles. The first-order chi connectivity index (χ1) is 12.2. The van der Waals surface area contributed by atoms with Gasteiger partial charge in [0.2, 0.25) is 0 Å². The van der Waals surface area contributed by atoms with Crippen molar-refractivity contribution >= 4 is 23.1 Å². The standard InChI is InChI=1S/C20H25N3OS/c1-21-10-12-22(13-11-21)14-16(24)15-23-17-6-2-4-8-19(17)25-20-9-5-3-7-18(20)23/h2-9,16,24H,10-15H2,1H3/t16-/m0/s1. The van der Waals surface area contributed by atoms with E-state index >= 15 is 0 Å². The van der Waals surface area contributed by atoms with Crippen molar-refractivity contribution in [2.45, 2.75) is 15.9 Å². The molecule has 0 radical (unpaired) electrons. The lowest BCUT2D eigenvalue weighted by molar-refractivity contribution is 0.0847. The number of fused-ring (bicyclic) bond motifs is 2. The molecule has 2 aliphatic rings. The van der Waals surface area contributed by atoms with Gasteiger partial charge in [-0.2, -0.15) is 0 Å². The molecule has 1 saturated heterocycles. The molecule has 0 aromatic heterocycles. The number of likely N-dealkylation sites (N-methyl/N-ethyl adjacent to an activating group) is 1. The molecule has 4 rings (SSSR count). The van der Waals surface area contributed by atoms with Crippen molar-refractivity contribution in [2.24, 2.45) is 0 Å². The van der Waals surface area contributed by atoms with Gasteiger partial charge < -0.3 is 14.9 Å². The maximum atomic E-state index is 10.8. The Morgan fingerprint density at radius 1 is 0.880 bits per heavy atom. The summed E-state index contributed by atoms with van der Waals surface area (Å²) in [5, 5.41) is 10.8. The van der Waals surface area contributed by atoms with Crippen molar-refractivity contribution < 1.29 is 5.11 Å². The van der Waals surface area contributed by atoms with Gasteiger partial charge in [-0.3, -0.25) is 4.90 Å². The fraction of sp³-hybridized carbons (Fsp3) is 0.400. The number of benzene rings is 2. The summed E-state index contributed by atoms with van der Waals surface area (Å²) in [5.74, 6) is 0. The molecule has 0 spiro atoms. The molecule has 1 fully saturated rings. The lowest BCUT2D eigenvalue weighted by atomic mass is 10.2. The molecule has 1 N–H and O–H groups in total. The normalized spacial score (nSPS) is 19.4. The van der Waals surface area contributed by atoms with E-state index in [0.29, 0.717) is 6.54 Å². The number of β-amino-alcohol motifs (C(OH)–C–C–N with tert-alkyl or cyclic N) is 1. The maximum Gasteiger partial charge on any atom is 0.0845 e. The predicted octanol–water partition coefficient (Wildman–Crippen LogP) is 2.90. The third-order valence-electron chi connectivity index (χ3n) is 4.99. The predicted molar refractivity (Wildman–Crippen MR) is 104 cm³/mol. The zero-order chi connectivity index (χ0) is 17.2. The maximum absolute atomic E-state index is 10.8. The highest BCUT2D eigenvalue weighted by Crippen LogP contribution is 2.47. The Balaban J connectivity index is 1.51. The lowest BCUT2D eigenvalue weighted by Gasteiger charge is -2.37. The monoisotopic (exact) mass is 355 g/mol. The van der Waals surface area contributed by atoms with E-state index in [1.54, 1.807) is 0 Å². The van der Waals surface area contributed by atoms with Gasteiger partial charge in [-0.05, 0) is 31.3 Å². The van der Waals surface area contributed by atoms with Gasteiger partial charge in [0.15, 0.2) is 0 Å². The smallest absolute Gasteiger partial charge is 0.0845 e. The first-order valence-corrected chi connectivity index (χ1v) is 9.75. The Bertz CT molecular complexity index is 685. The van der Waals surface area contributed by atoms with E-state index in [9.17, 15) is 5.11 Å². The molecule has 2 aliphatic heterocycles. The number of aliphatic hydroxyl groups excluding tert-OH is 1. The van der Waals surface area contributed by atoms with Crippen LogP contribution < -0.4 is 4.90 Å². The van der Waals surface area contributed by atoms with Crippen LogP contribution in [-0.4, -0.2) is 67.3 Å². The zero-order valence-corrected chi connectivity index (χ0v) is 15.5. The van der Waals surface area contributed by atoms with Gasteiger partial charge >= 0.3 is 0 Å². The molecule has 1 atom stereocenters. The average Bonchev–Trinajstić information content (AvgIpc) is 2.63. The van der Waals surface area contributed by atoms with E-state index in [1.807, 2.05) is 11.8 Å². The van der Waals surface area contributed by atoms with E-state index in [-0.39, 0.29) is 6.10 Å². The Kier molecular flexibility index (Phi) is 4.99. The zero-order valence-electron chi connectivity index (χ0n) is 14.6. The Morgan fingerprint density at radius 3 is 2.04 bits per heavy atom. The number of hydrogen-bond acceptors (Lipinski definition) is 5. The van der Waals surface area contributed by atoms with Crippen molar-refractivity contribution in [1.82, 2.24) is 9.80 Å². The summed E-state index contributed by atoms with van der Waals surface area (Å²) in [6.07, 6.45) is -0.368. The van der Waals surface area contributed by atoms with Gasteiger partial charge in [0.05, 0.1) is 24.0 Å². The molecule has 132 valence electrons. The Hall–Kier alpha value is -1.53. The number of rotatable bonds is 4. The molecule has 0 amide bonds. The molecule has 5 heteroatoms. The van der Waals surface area contributed by atoms with Crippen LogP contribution in [0.5, 0.6) is 0 Å². The molecule has 25 heavy (non-hydrogen) atoms. The summed E-state index contributed by atoms with van der Waals surface area (Å²) >= 11 is 1.81. The van der Waals surface area contributed by atoms with Crippen LogP contribution in [0.3, 0.4) is 0 Å². The first-order valence-electron chi connectivity index (χ1n) is 8.93. The van der Waals surface area contributed by atoms with E-state index in [1.165, 1.54) is 21.2 Å². The van der Waals surface area contributed by atoms with Crippen molar-refractivity contribution in [3.05, 3.63) is 48.5 Å².